The van der Waals surface area contributed by atoms with Gasteiger partial charge in [-0.2, -0.15) is 0 Å². The number of halogens is 1. The van der Waals surface area contributed by atoms with Gasteiger partial charge in [0, 0.05) is 17.9 Å². The van der Waals surface area contributed by atoms with Gasteiger partial charge in [-0.1, -0.05) is 24.6 Å². The molecule has 1 amide bonds. The molecule has 1 aromatic carbocycles. The first-order valence-electron chi connectivity index (χ1n) is 8.14. The second-order valence-electron chi connectivity index (χ2n) is 6.19. The average molecular weight is 312 g/mol. The summed E-state index contributed by atoms with van der Waals surface area (Å²) in [5.74, 6) is 0.244. The van der Waals surface area contributed by atoms with E-state index in [1.807, 2.05) is 30.3 Å². The zero-order chi connectivity index (χ0) is 16.1. The molecule has 3 rings (SSSR count). The number of pyridine rings is 1. The molecule has 0 spiro atoms. The van der Waals surface area contributed by atoms with Crippen LogP contribution in [-0.2, 0) is 17.6 Å². The first-order valence-corrected chi connectivity index (χ1v) is 8.14. The van der Waals surface area contributed by atoms with Crippen LogP contribution in [0.4, 0.5) is 4.39 Å². The number of nitrogens with zero attached hydrogens (tertiary/aromatic N) is 1. The molecule has 0 radical (unpaired) electrons. The van der Waals surface area contributed by atoms with E-state index in [0.717, 1.165) is 36.9 Å². The van der Waals surface area contributed by atoms with E-state index in [4.69, 9.17) is 0 Å². The fourth-order valence-electron chi connectivity index (χ4n) is 3.32. The second-order valence-corrected chi connectivity index (χ2v) is 6.19. The number of amides is 1. The van der Waals surface area contributed by atoms with Gasteiger partial charge in [0.2, 0.25) is 5.91 Å². The first-order chi connectivity index (χ1) is 11.2. The highest BCUT2D eigenvalue weighted by atomic mass is 19.1. The Hall–Kier alpha value is -2.23. The van der Waals surface area contributed by atoms with E-state index in [9.17, 15) is 9.18 Å². The van der Waals surface area contributed by atoms with Crippen molar-refractivity contribution in [2.75, 3.05) is 0 Å². The maximum Gasteiger partial charge on any atom is 0.226 e. The number of hydrogen-bond acceptors (Lipinski definition) is 2. The SMILES string of the molecule is O=C(Cc1ccccn1)N[C@H]1CCC[C@H]1Cc1ccc(F)cc1. The molecule has 2 aromatic rings. The molecule has 0 bridgehead atoms. The molecule has 3 nitrogen and oxygen atoms in total. The zero-order valence-electron chi connectivity index (χ0n) is 13.0. The Balaban J connectivity index is 1.56. The quantitative estimate of drug-likeness (QED) is 0.920. The predicted octanol–water partition coefficient (Wildman–Crippen LogP) is 3.29. The molecule has 1 aliphatic rings. The predicted molar refractivity (Wildman–Crippen MR) is 87.3 cm³/mol. The summed E-state index contributed by atoms with van der Waals surface area (Å²) in [5.41, 5.74) is 1.92. The minimum absolute atomic E-state index is 0.0275. The van der Waals surface area contributed by atoms with Crippen molar-refractivity contribution in [1.29, 1.82) is 0 Å². The number of benzene rings is 1. The van der Waals surface area contributed by atoms with Crippen molar-refractivity contribution in [3.05, 3.63) is 65.7 Å². The Labute approximate surface area is 135 Å². The fourth-order valence-corrected chi connectivity index (χ4v) is 3.32. The highest BCUT2D eigenvalue weighted by Crippen LogP contribution is 2.29. The Morgan fingerprint density at radius 1 is 1.17 bits per heavy atom. The van der Waals surface area contributed by atoms with Gasteiger partial charge in [-0.15, -0.1) is 0 Å². The van der Waals surface area contributed by atoms with Crippen LogP contribution in [0.3, 0.4) is 0 Å². The van der Waals surface area contributed by atoms with Crippen LogP contribution in [0.5, 0.6) is 0 Å². The minimum Gasteiger partial charge on any atom is -0.353 e. The van der Waals surface area contributed by atoms with E-state index in [2.05, 4.69) is 10.3 Å². The van der Waals surface area contributed by atoms with Gasteiger partial charge in [-0.3, -0.25) is 9.78 Å². The van der Waals surface area contributed by atoms with Gasteiger partial charge >= 0.3 is 0 Å². The van der Waals surface area contributed by atoms with E-state index in [1.54, 1.807) is 6.20 Å². The molecule has 1 aromatic heterocycles. The molecule has 0 unspecified atom stereocenters. The molecule has 0 aliphatic heterocycles. The van der Waals surface area contributed by atoms with Gasteiger partial charge in [0.05, 0.1) is 6.42 Å². The minimum atomic E-state index is -0.208. The maximum atomic E-state index is 13.0. The van der Waals surface area contributed by atoms with Crippen LogP contribution in [0.25, 0.3) is 0 Å². The summed E-state index contributed by atoms with van der Waals surface area (Å²) in [6, 6.07) is 12.5. The van der Waals surface area contributed by atoms with E-state index in [1.165, 1.54) is 12.1 Å². The third-order valence-electron chi connectivity index (χ3n) is 4.48. The van der Waals surface area contributed by atoms with E-state index in [0.29, 0.717) is 12.3 Å². The molecule has 1 heterocycles. The summed E-state index contributed by atoms with van der Waals surface area (Å²) in [6.07, 6.45) is 6.15. The average Bonchev–Trinajstić information content (AvgIpc) is 2.97. The number of aromatic nitrogens is 1. The first kappa shape index (κ1) is 15.7. The summed E-state index contributed by atoms with van der Waals surface area (Å²) < 4.78 is 13.0. The van der Waals surface area contributed by atoms with E-state index >= 15 is 0 Å². The van der Waals surface area contributed by atoms with Crippen LogP contribution < -0.4 is 5.32 Å². The van der Waals surface area contributed by atoms with Gasteiger partial charge in [-0.25, -0.2) is 4.39 Å². The molecule has 4 heteroatoms. The lowest BCUT2D eigenvalue weighted by molar-refractivity contribution is -0.121. The topological polar surface area (TPSA) is 42.0 Å². The van der Waals surface area contributed by atoms with E-state index < -0.39 is 0 Å². The monoisotopic (exact) mass is 312 g/mol. The molecule has 120 valence electrons. The summed E-state index contributed by atoms with van der Waals surface area (Å²) in [6.45, 7) is 0. The Bertz CT molecular complexity index is 642. The number of carbonyl (C=O) groups excluding carboxylic acids is 1. The highest BCUT2D eigenvalue weighted by Gasteiger charge is 2.28. The van der Waals surface area contributed by atoms with Crippen molar-refractivity contribution in [3.8, 4) is 0 Å². The summed E-state index contributed by atoms with van der Waals surface area (Å²) in [5, 5.41) is 3.16. The molecule has 23 heavy (non-hydrogen) atoms. The molecular weight excluding hydrogens is 291 g/mol. The molecular formula is C19H21FN2O. The maximum absolute atomic E-state index is 13.0. The number of carbonyl (C=O) groups is 1. The van der Waals surface area contributed by atoms with Crippen molar-refractivity contribution in [3.63, 3.8) is 0 Å². The molecule has 1 N–H and O–H groups in total. The van der Waals surface area contributed by atoms with Crippen LogP contribution >= 0.6 is 0 Å². The second kappa shape index (κ2) is 7.36. The molecule has 1 saturated carbocycles. The molecule has 1 aliphatic carbocycles. The largest absolute Gasteiger partial charge is 0.353 e. The smallest absolute Gasteiger partial charge is 0.226 e. The van der Waals surface area contributed by atoms with Crippen LogP contribution in [0, 0.1) is 11.7 Å². The van der Waals surface area contributed by atoms with Crippen molar-refractivity contribution in [1.82, 2.24) is 10.3 Å². The molecule has 2 atom stereocenters. The van der Waals surface area contributed by atoms with Gasteiger partial charge in [0.15, 0.2) is 0 Å². The van der Waals surface area contributed by atoms with Crippen LogP contribution in [0.1, 0.15) is 30.5 Å². The lowest BCUT2D eigenvalue weighted by atomic mass is 9.94. The van der Waals surface area contributed by atoms with E-state index in [-0.39, 0.29) is 17.8 Å². The lowest BCUT2D eigenvalue weighted by Gasteiger charge is -2.21. The Kier molecular flexibility index (Phi) is 5.01. The summed E-state index contributed by atoms with van der Waals surface area (Å²) in [4.78, 5) is 16.4. The Morgan fingerprint density at radius 2 is 2.00 bits per heavy atom. The van der Waals surface area contributed by atoms with Crippen molar-refractivity contribution < 1.29 is 9.18 Å². The fraction of sp³-hybridized carbons (Fsp3) is 0.368. The highest BCUT2D eigenvalue weighted by molar-refractivity contribution is 5.78. The van der Waals surface area contributed by atoms with Crippen LogP contribution in [0.2, 0.25) is 0 Å². The van der Waals surface area contributed by atoms with Gasteiger partial charge in [-0.05, 0) is 55.0 Å². The third kappa shape index (κ3) is 4.38. The van der Waals surface area contributed by atoms with Crippen molar-refractivity contribution in [2.45, 2.75) is 38.1 Å². The van der Waals surface area contributed by atoms with Crippen molar-refractivity contribution >= 4 is 5.91 Å². The normalized spacial score (nSPS) is 20.4. The van der Waals surface area contributed by atoms with Crippen molar-refractivity contribution in [2.24, 2.45) is 5.92 Å². The number of hydrogen-bond donors (Lipinski definition) is 1. The zero-order valence-corrected chi connectivity index (χ0v) is 13.0. The lowest BCUT2D eigenvalue weighted by Crippen LogP contribution is -2.39. The summed E-state index contributed by atoms with van der Waals surface area (Å²) in [7, 11) is 0. The number of nitrogens with one attached hydrogen (secondary N) is 1. The van der Waals surface area contributed by atoms with Gasteiger partial charge < -0.3 is 5.32 Å². The third-order valence-corrected chi connectivity index (χ3v) is 4.48. The van der Waals surface area contributed by atoms with Crippen LogP contribution in [-0.4, -0.2) is 16.9 Å². The standard InChI is InChI=1S/C19H21FN2O/c20-16-9-7-14(8-10-16)12-15-4-3-6-18(15)22-19(23)13-17-5-1-2-11-21-17/h1-2,5,7-11,15,18H,3-4,6,12-13H2,(H,22,23)/t15-,18-/m0/s1. The van der Waals surface area contributed by atoms with Gasteiger partial charge in [0.25, 0.3) is 0 Å². The van der Waals surface area contributed by atoms with Gasteiger partial charge in [0.1, 0.15) is 5.82 Å². The molecule has 0 saturated heterocycles. The van der Waals surface area contributed by atoms with Crippen LogP contribution in [0.15, 0.2) is 48.7 Å². The number of rotatable bonds is 5. The summed E-state index contributed by atoms with van der Waals surface area (Å²) >= 11 is 0. The molecule has 1 fully saturated rings. The Morgan fingerprint density at radius 3 is 2.74 bits per heavy atom.